The highest BCUT2D eigenvalue weighted by Gasteiger charge is 2.21. The van der Waals surface area contributed by atoms with Crippen LogP contribution in [0, 0.1) is 0 Å². The Labute approximate surface area is 195 Å². The first-order valence-electron chi connectivity index (χ1n) is 10.1. The second-order valence-corrected chi connectivity index (χ2v) is 9.08. The van der Waals surface area contributed by atoms with Crippen molar-refractivity contribution in [3.63, 3.8) is 0 Å². The number of thiazole rings is 1. The van der Waals surface area contributed by atoms with Gasteiger partial charge in [0.05, 0.1) is 36.7 Å². The van der Waals surface area contributed by atoms with Crippen LogP contribution < -0.4 is 14.4 Å². The number of hydrogen-bond donors (Lipinski definition) is 0. The molecule has 0 unspecified atom stereocenters. The molecule has 0 fully saturated rings. The van der Waals surface area contributed by atoms with E-state index in [1.807, 2.05) is 60.7 Å². The molecule has 32 heavy (non-hydrogen) atoms. The van der Waals surface area contributed by atoms with Crippen molar-refractivity contribution in [3.8, 4) is 11.5 Å². The molecule has 0 bridgehead atoms. The van der Waals surface area contributed by atoms with Crippen molar-refractivity contribution < 1.29 is 14.3 Å². The highest BCUT2D eigenvalue weighted by atomic mass is 32.2. The quantitative estimate of drug-likeness (QED) is 0.307. The summed E-state index contributed by atoms with van der Waals surface area (Å²) in [6.07, 6.45) is 2.13. The lowest BCUT2D eigenvalue weighted by atomic mass is 10.3. The third kappa shape index (κ3) is 5.38. The molecule has 0 N–H and O–H groups in total. The maximum atomic E-state index is 13.2. The molecule has 0 saturated carbocycles. The number of methoxy groups -OCH3 is 2. The number of hydrogen-bond acceptors (Lipinski definition) is 7. The Morgan fingerprint density at radius 3 is 2.53 bits per heavy atom. The number of thioether (sulfide) groups is 1. The Hall–Kier alpha value is -3.10. The zero-order chi connectivity index (χ0) is 22.3. The predicted octanol–water partition coefficient (Wildman–Crippen LogP) is 5.42. The molecule has 0 radical (unpaired) electrons. The Morgan fingerprint density at radius 2 is 1.81 bits per heavy atom. The first-order chi connectivity index (χ1) is 15.7. The van der Waals surface area contributed by atoms with E-state index < -0.39 is 0 Å². The summed E-state index contributed by atoms with van der Waals surface area (Å²) >= 11 is 3.13. The van der Waals surface area contributed by atoms with E-state index in [0.717, 1.165) is 32.3 Å². The van der Waals surface area contributed by atoms with Gasteiger partial charge in [-0.15, -0.1) is 11.8 Å². The number of fused-ring (bicyclic) bond motifs is 1. The zero-order valence-electron chi connectivity index (χ0n) is 17.9. The van der Waals surface area contributed by atoms with Crippen LogP contribution in [0.2, 0.25) is 0 Å². The van der Waals surface area contributed by atoms with E-state index in [1.54, 1.807) is 37.1 Å². The lowest BCUT2D eigenvalue weighted by molar-refractivity contribution is -0.118. The van der Waals surface area contributed by atoms with Crippen molar-refractivity contribution in [2.24, 2.45) is 0 Å². The number of carbonyl (C=O) groups is 1. The minimum absolute atomic E-state index is 0.0164. The number of aromatic nitrogens is 2. The second-order valence-electron chi connectivity index (χ2n) is 6.91. The summed E-state index contributed by atoms with van der Waals surface area (Å²) in [5.74, 6) is 2.27. The third-order valence-corrected chi connectivity index (χ3v) is 6.86. The van der Waals surface area contributed by atoms with Crippen LogP contribution in [0.25, 0.3) is 10.2 Å². The fourth-order valence-electron chi connectivity index (χ4n) is 3.11. The first kappa shape index (κ1) is 22.1. The number of rotatable bonds is 9. The van der Waals surface area contributed by atoms with Gasteiger partial charge < -0.3 is 9.47 Å². The molecule has 1 amide bonds. The van der Waals surface area contributed by atoms with Gasteiger partial charge in [0.15, 0.2) is 5.13 Å². The van der Waals surface area contributed by atoms with E-state index in [4.69, 9.17) is 14.5 Å². The van der Waals surface area contributed by atoms with Crippen molar-refractivity contribution in [3.05, 3.63) is 72.6 Å². The van der Waals surface area contributed by atoms with Crippen molar-refractivity contribution in [1.82, 2.24) is 9.97 Å². The first-order valence-corrected chi connectivity index (χ1v) is 11.9. The maximum absolute atomic E-state index is 13.2. The van der Waals surface area contributed by atoms with Crippen LogP contribution in [0.15, 0.2) is 71.8 Å². The highest BCUT2D eigenvalue weighted by Crippen LogP contribution is 2.33. The Balaban J connectivity index is 1.51. The van der Waals surface area contributed by atoms with Gasteiger partial charge in [-0.25, -0.2) is 4.98 Å². The molecule has 0 spiro atoms. The number of nitrogens with zero attached hydrogens (tertiary/aromatic N) is 3. The van der Waals surface area contributed by atoms with Gasteiger partial charge in [-0.1, -0.05) is 17.4 Å². The fraction of sp³-hybridized carbons (Fsp3) is 0.208. The van der Waals surface area contributed by atoms with Gasteiger partial charge in [0.1, 0.15) is 11.5 Å². The lowest BCUT2D eigenvalue weighted by Gasteiger charge is -2.19. The Bertz CT molecular complexity index is 1180. The molecule has 2 aromatic heterocycles. The topological polar surface area (TPSA) is 64.5 Å². The van der Waals surface area contributed by atoms with E-state index in [0.29, 0.717) is 23.8 Å². The van der Waals surface area contributed by atoms with Crippen LogP contribution in [0.5, 0.6) is 11.5 Å². The van der Waals surface area contributed by atoms with Crippen molar-refractivity contribution in [1.29, 1.82) is 0 Å². The minimum atomic E-state index is 0.0164. The number of benzene rings is 2. The van der Waals surface area contributed by atoms with E-state index in [-0.39, 0.29) is 5.91 Å². The SMILES string of the molecule is COc1ccc(SCCC(=O)N(Cc2ccccn2)c2nc3ccc(OC)cc3s2)cc1. The molecule has 4 rings (SSSR count). The molecule has 0 aliphatic heterocycles. The molecule has 0 saturated heterocycles. The third-order valence-electron chi connectivity index (χ3n) is 4.81. The summed E-state index contributed by atoms with van der Waals surface area (Å²) in [7, 11) is 3.29. The fourth-order valence-corrected chi connectivity index (χ4v) is 4.97. The van der Waals surface area contributed by atoms with Crippen molar-refractivity contribution in [2.75, 3.05) is 24.9 Å². The smallest absolute Gasteiger partial charge is 0.229 e. The summed E-state index contributed by atoms with van der Waals surface area (Å²) in [6, 6.07) is 19.3. The van der Waals surface area contributed by atoms with Crippen LogP contribution in [0.3, 0.4) is 0 Å². The molecule has 0 aliphatic rings. The molecule has 8 heteroatoms. The maximum Gasteiger partial charge on any atom is 0.229 e. The summed E-state index contributed by atoms with van der Waals surface area (Å²) in [5, 5.41) is 0.665. The van der Waals surface area contributed by atoms with E-state index >= 15 is 0 Å². The van der Waals surface area contributed by atoms with Gasteiger partial charge in [0.25, 0.3) is 0 Å². The number of ether oxygens (including phenoxy) is 2. The van der Waals surface area contributed by atoms with Crippen molar-refractivity contribution in [2.45, 2.75) is 17.9 Å². The summed E-state index contributed by atoms with van der Waals surface area (Å²) in [5.41, 5.74) is 1.66. The van der Waals surface area contributed by atoms with Crippen LogP contribution in [-0.2, 0) is 11.3 Å². The molecule has 4 aromatic rings. The number of amides is 1. The number of anilines is 1. The molecular weight excluding hydrogens is 442 g/mol. The lowest BCUT2D eigenvalue weighted by Crippen LogP contribution is -2.30. The van der Waals surface area contributed by atoms with E-state index in [9.17, 15) is 4.79 Å². The highest BCUT2D eigenvalue weighted by molar-refractivity contribution is 7.99. The predicted molar refractivity (Wildman–Crippen MR) is 130 cm³/mol. The van der Waals surface area contributed by atoms with Gasteiger partial charge in [-0.3, -0.25) is 14.7 Å². The molecule has 6 nitrogen and oxygen atoms in total. The molecule has 2 aromatic carbocycles. The second kappa shape index (κ2) is 10.5. The monoisotopic (exact) mass is 465 g/mol. The summed E-state index contributed by atoms with van der Waals surface area (Å²) < 4.78 is 11.5. The molecule has 0 atom stereocenters. The van der Waals surface area contributed by atoms with Gasteiger partial charge in [-0.05, 0) is 54.6 Å². The van der Waals surface area contributed by atoms with E-state index in [1.165, 1.54) is 11.3 Å². The van der Waals surface area contributed by atoms with Crippen LogP contribution in [0.4, 0.5) is 5.13 Å². The normalized spacial score (nSPS) is 10.8. The average Bonchev–Trinajstić information content (AvgIpc) is 3.26. The number of carbonyl (C=O) groups excluding carboxylic acids is 1. The average molecular weight is 466 g/mol. The summed E-state index contributed by atoms with van der Waals surface area (Å²) in [4.78, 5) is 25.2. The zero-order valence-corrected chi connectivity index (χ0v) is 19.5. The molecule has 0 aliphatic carbocycles. The van der Waals surface area contributed by atoms with Crippen LogP contribution in [-0.4, -0.2) is 35.8 Å². The van der Waals surface area contributed by atoms with Crippen LogP contribution in [0.1, 0.15) is 12.1 Å². The van der Waals surface area contributed by atoms with Gasteiger partial charge in [0.2, 0.25) is 5.91 Å². The molecule has 164 valence electrons. The molecular formula is C24H23N3O3S2. The van der Waals surface area contributed by atoms with Gasteiger partial charge in [0, 0.05) is 23.3 Å². The number of pyridine rings is 1. The molecule has 2 heterocycles. The Kier molecular flexibility index (Phi) is 7.24. The van der Waals surface area contributed by atoms with Crippen molar-refractivity contribution >= 4 is 44.4 Å². The largest absolute Gasteiger partial charge is 0.497 e. The summed E-state index contributed by atoms with van der Waals surface area (Å²) in [6.45, 7) is 0.379. The van der Waals surface area contributed by atoms with Gasteiger partial charge in [-0.2, -0.15) is 0 Å². The minimum Gasteiger partial charge on any atom is -0.497 e. The Morgan fingerprint density at radius 1 is 1.03 bits per heavy atom. The van der Waals surface area contributed by atoms with Crippen LogP contribution >= 0.6 is 23.1 Å². The standard InChI is InChI=1S/C24H23N3O3S2/c1-29-18-6-9-20(10-7-18)31-14-12-23(28)27(16-17-5-3-4-13-25-17)24-26-21-11-8-19(30-2)15-22(21)32-24/h3-11,13,15H,12,14,16H2,1-2H3. The van der Waals surface area contributed by atoms with E-state index in [2.05, 4.69) is 4.98 Å². The van der Waals surface area contributed by atoms with Gasteiger partial charge >= 0.3 is 0 Å².